The highest BCUT2D eigenvalue weighted by Crippen LogP contribution is 2.42. The second kappa shape index (κ2) is 5.50. The van der Waals surface area contributed by atoms with E-state index in [-0.39, 0.29) is 23.9 Å². The molecule has 22 heavy (non-hydrogen) atoms. The molecule has 0 spiro atoms. The van der Waals surface area contributed by atoms with Crippen molar-refractivity contribution in [2.24, 2.45) is 5.73 Å². The summed E-state index contributed by atoms with van der Waals surface area (Å²) >= 11 is 0. The van der Waals surface area contributed by atoms with Gasteiger partial charge in [-0.2, -0.15) is 5.26 Å². The van der Waals surface area contributed by atoms with Crippen LogP contribution in [-0.4, -0.2) is 17.3 Å². The molecule has 1 aromatic carbocycles. The van der Waals surface area contributed by atoms with Gasteiger partial charge < -0.3 is 15.2 Å². The van der Waals surface area contributed by atoms with Crippen LogP contribution in [0.4, 0.5) is 4.39 Å². The maximum Gasteiger partial charge on any atom is 0.244 e. The largest absolute Gasteiger partial charge is 0.420 e. The summed E-state index contributed by atoms with van der Waals surface area (Å²) in [4.78, 5) is 0. The van der Waals surface area contributed by atoms with E-state index in [4.69, 9.17) is 15.2 Å². The Kier molecular flexibility index (Phi) is 3.53. The molecule has 0 saturated carbocycles. The van der Waals surface area contributed by atoms with E-state index in [1.165, 1.54) is 12.1 Å². The maximum atomic E-state index is 13.2. The van der Waals surface area contributed by atoms with Gasteiger partial charge in [0.1, 0.15) is 17.5 Å². The van der Waals surface area contributed by atoms with Crippen LogP contribution in [0.1, 0.15) is 22.7 Å². The minimum atomic E-state index is -0.474. The molecule has 3 N–H and O–H groups in total. The minimum absolute atomic E-state index is 0.000193. The van der Waals surface area contributed by atoms with Crippen LogP contribution < -0.4 is 10.5 Å². The Hall–Kier alpha value is -2.85. The van der Waals surface area contributed by atoms with Gasteiger partial charge in [-0.15, -0.1) is 5.10 Å². The van der Waals surface area contributed by atoms with E-state index in [0.29, 0.717) is 17.1 Å². The molecule has 2 heterocycles. The minimum Gasteiger partial charge on any atom is -0.420 e. The van der Waals surface area contributed by atoms with Crippen LogP contribution in [-0.2, 0) is 11.3 Å². The Labute approximate surface area is 126 Å². The third-order valence-corrected chi connectivity index (χ3v) is 3.51. The lowest BCUT2D eigenvalue weighted by atomic mass is 9.84. The number of ether oxygens (including phenoxy) is 2. The van der Waals surface area contributed by atoms with E-state index < -0.39 is 5.92 Å². The zero-order valence-electron chi connectivity index (χ0n) is 11.8. The second-order valence-electron chi connectivity index (χ2n) is 4.83. The van der Waals surface area contributed by atoms with Crippen molar-refractivity contribution in [3.8, 4) is 11.9 Å². The van der Waals surface area contributed by atoms with Crippen molar-refractivity contribution in [3.63, 3.8) is 0 Å². The predicted molar refractivity (Wildman–Crippen MR) is 75.0 cm³/mol. The van der Waals surface area contributed by atoms with Crippen LogP contribution in [0.3, 0.4) is 0 Å². The van der Waals surface area contributed by atoms with Gasteiger partial charge in [-0.25, -0.2) is 4.39 Å². The van der Waals surface area contributed by atoms with Crippen molar-refractivity contribution in [3.05, 3.63) is 58.4 Å². The molecule has 0 aliphatic carbocycles. The van der Waals surface area contributed by atoms with E-state index in [1.807, 2.05) is 0 Å². The van der Waals surface area contributed by atoms with Gasteiger partial charge in [0.15, 0.2) is 0 Å². The number of nitrogens with zero attached hydrogens (tertiary/aromatic N) is 2. The molecule has 3 rings (SSSR count). The van der Waals surface area contributed by atoms with Crippen LogP contribution in [0.5, 0.6) is 5.88 Å². The summed E-state index contributed by atoms with van der Waals surface area (Å²) in [6.45, 7) is 0.280. The third-order valence-electron chi connectivity index (χ3n) is 3.51. The molecule has 2 aromatic rings. The molecule has 0 amide bonds. The predicted octanol–water partition coefficient (Wildman–Crippen LogP) is 1.91. The standard InChI is InChI=1S/C15H13FN4O2/c1-21-7-11-13-12(8-2-4-9(16)5-3-8)10(6-17)14(18)22-15(13)20-19-11/h2-5,12H,7,18H2,1H3,(H,19,20). The number of nitriles is 1. The number of nitrogens with two attached hydrogens (primary N) is 1. The fourth-order valence-electron chi connectivity index (χ4n) is 2.55. The zero-order valence-corrected chi connectivity index (χ0v) is 11.8. The topological polar surface area (TPSA) is 97.0 Å². The number of fused-ring (bicyclic) bond motifs is 1. The van der Waals surface area contributed by atoms with Crippen molar-refractivity contribution < 1.29 is 13.9 Å². The van der Waals surface area contributed by atoms with Crippen molar-refractivity contribution in [1.29, 1.82) is 5.26 Å². The van der Waals surface area contributed by atoms with Gasteiger partial charge in [0.2, 0.25) is 11.8 Å². The van der Waals surface area contributed by atoms with Gasteiger partial charge in [0.05, 0.1) is 23.8 Å². The molecule has 1 aromatic heterocycles. The van der Waals surface area contributed by atoms with Gasteiger partial charge in [0, 0.05) is 7.11 Å². The Morgan fingerprint density at radius 2 is 2.18 bits per heavy atom. The van der Waals surface area contributed by atoms with Crippen molar-refractivity contribution >= 4 is 0 Å². The molecule has 1 aliphatic heterocycles. The fourth-order valence-corrected chi connectivity index (χ4v) is 2.55. The lowest BCUT2D eigenvalue weighted by molar-refractivity contribution is 0.180. The van der Waals surface area contributed by atoms with Gasteiger partial charge >= 0.3 is 0 Å². The number of rotatable bonds is 3. The quantitative estimate of drug-likeness (QED) is 0.902. The SMILES string of the molecule is COCc1[nH]nc2c1C(c1ccc(F)cc1)C(C#N)=C(N)O2. The Morgan fingerprint density at radius 1 is 1.45 bits per heavy atom. The average Bonchev–Trinajstić information content (AvgIpc) is 2.90. The summed E-state index contributed by atoms with van der Waals surface area (Å²) in [7, 11) is 1.55. The first kappa shape index (κ1) is 14.1. The molecule has 112 valence electrons. The number of aromatic nitrogens is 2. The molecule has 1 aliphatic rings. The van der Waals surface area contributed by atoms with Crippen LogP contribution in [0.2, 0.25) is 0 Å². The van der Waals surface area contributed by atoms with Crippen LogP contribution >= 0.6 is 0 Å². The Bertz CT molecular complexity index is 774. The summed E-state index contributed by atoms with van der Waals surface area (Å²) in [5.41, 5.74) is 8.18. The van der Waals surface area contributed by atoms with Crippen molar-refractivity contribution in [2.75, 3.05) is 7.11 Å². The normalized spacial score (nSPS) is 16.9. The number of methoxy groups -OCH3 is 1. The second-order valence-corrected chi connectivity index (χ2v) is 4.83. The number of H-pyrrole nitrogens is 1. The van der Waals surface area contributed by atoms with Gasteiger partial charge in [-0.05, 0) is 17.7 Å². The number of hydrogen-bond donors (Lipinski definition) is 2. The molecule has 6 nitrogen and oxygen atoms in total. The highest BCUT2D eigenvalue weighted by Gasteiger charge is 2.35. The molecular weight excluding hydrogens is 287 g/mol. The van der Waals surface area contributed by atoms with E-state index in [1.54, 1.807) is 19.2 Å². The Morgan fingerprint density at radius 3 is 2.82 bits per heavy atom. The highest BCUT2D eigenvalue weighted by molar-refractivity contribution is 5.54. The Balaban J connectivity index is 2.19. The number of allylic oxidation sites excluding steroid dienone is 1. The van der Waals surface area contributed by atoms with Crippen molar-refractivity contribution in [2.45, 2.75) is 12.5 Å². The molecule has 7 heteroatoms. The summed E-state index contributed by atoms with van der Waals surface area (Å²) in [6.07, 6.45) is 0. The zero-order chi connectivity index (χ0) is 15.7. The highest BCUT2D eigenvalue weighted by atomic mass is 19.1. The first-order chi connectivity index (χ1) is 10.7. The van der Waals surface area contributed by atoms with Crippen LogP contribution in [0.25, 0.3) is 0 Å². The van der Waals surface area contributed by atoms with Crippen LogP contribution in [0.15, 0.2) is 35.7 Å². The number of aromatic amines is 1. The summed E-state index contributed by atoms with van der Waals surface area (Å²) in [6, 6.07) is 7.98. The molecule has 1 atom stereocenters. The molecule has 0 bridgehead atoms. The smallest absolute Gasteiger partial charge is 0.244 e. The van der Waals surface area contributed by atoms with Crippen molar-refractivity contribution in [1.82, 2.24) is 10.2 Å². The third kappa shape index (κ3) is 2.19. The van der Waals surface area contributed by atoms with E-state index in [0.717, 1.165) is 5.56 Å². The van der Waals surface area contributed by atoms with E-state index in [2.05, 4.69) is 16.3 Å². The van der Waals surface area contributed by atoms with Gasteiger partial charge in [-0.3, -0.25) is 5.10 Å². The summed E-state index contributed by atoms with van der Waals surface area (Å²) in [5, 5.41) is 16.3. The molecule has 0 radical (unpaired) electrons. The van der Waals surface area contributed by atoms with Crippen LogP contribution in [0, 0.1) is 17.1 Å². The number of nitrogens with one attached hydrogen (secondary N) is 1. The van der Waals surface area contributed by atoms with E-state index >= 15 is 0 Å². The monoisotopic (exact) mass is 300 g/mol. The lowest BCUT2D eigenvalue weighted by Gasteiger charge is -2.23. The number of hydrogen-bond acceptors (Lipinski definition) is 5. The number of halogens is 1. The fraction of sp³-hybridized carbons (Fsp3) is 0.200. The molecule has 0 saturated heterocycles. The first-order valence-corrected chi connectivity index (χ1v) is 6.54. The number of benzene rings is 1. The molecule has 0 fully saturated rings. The first-order valence-electron chi connectivity index (χ1n) is 6.54. The van der Waals surface area contributed by atoms with Gasteiger partial charge in [0.25, 0.3) is 0 Å². The lowest BCUT2D eigenvalue weighted by Crippen LogP contribution is -2.21. The molecule has 1 unspecified atom stereocenters. The van der Waals surface area contributed by atoms with E-state index in [9.17, 15) is 9.65 Å². The summed E-state index contributed by atoms with van der Waals surface area (Å²) < 4.78 is 23.7. The molecular formula is C15H13FN4O2. The maximum absolute atomic E-state index is 13.2. The summed E-state index contributed by atoms with van der Waals surface area (Å²) in [5.74, 6) is -0.522. The average molecular weight is 300 g/mol. The van der Waals surface area contributed by atoms with Gasteiger partial charge in [-0.1, -0.05) is 12.1 Å².